The number of ketones is 2. The molecule has 0 bridgehead atoms. The monoisotopic (exact) mass is 518 g/mol. The van der Waals surface area contributed by atoms with Crippen molar-refractivity contribution in [3.63, 3.8) is 0 Å². The Kier molecular flexibility index (Phi) is 4.44. The van der Waals surface area contributed by atoms with Crippen LogP contribution < -0.4 is 10.2 Å². The van der Waals surface area contributed by atoms with Crippen LogP contribution in [-0.4, -0.2) is 23.4 Å². The summed E-state index contributed by atoms with van der Waals surface area (Å²) >= 11 is 0. The summed E-state index contributed by atoms with van der Waals surface area (Å²) in [6, 6.07) is 27.5. The molecule has 0 atom stereocenters. The van der Waals surface area contributed by atoms with Gasteiger partial charge in [-0.1, -0.05) is 66.7 Å². The van der Waals surface area contributed by atoms with Crippen molar-refractivity contribution in [1.82, 2.24) is 0 Å². The van der Waals surface area contributed by atoms with E-state index in [1.165, 1.54) is 0 Å². The molecule has 6 nitrogen and oxygen atoms in total. The summed E-state index contributed by atoms with van der Waals surface area (Å²) in [6.07, 6.45) is 3.47. The first-order chi connectivity index (χ1) is 19.5. The minimum Gasteiger partial charge on any atom is -0.353 e. The fourth-order valence-electron chi connectivity index (χ4n) is 5.89. The summed E-state index contributed by atoms with van der Waals surface area (Å²) in [7, 11) is 0. The van der Waals surface area contributed by atoms with E-state index in [9.17, 15) is 19.2 Å². The number of carbonyl (C=O) groups excluding carboxylic acids is 4. The number of para-hydroxylation sites is 1. The predicted octanol–water partition coefficient (Wildman–Crippen LogP) is 6.57. The lowest BCUT2D eigenvalue weighted by Gasteiger charge is -2.24. The highest BCUT2D eigenvalue weighted by atomic mass is 16.2. The molecular formula is C34H18N2O4. The first-order valence-electron chi connectivity index (χ1n) is 12.9. The first kappa shape index (κ1) is 22.4. The van der Waals surface area contributed by atoms with E-state index in [2.05, 4.69) is 5.32 Å². The van der Waals surface area contributed by atoms with E-state index in [0.29, 0.717) is 39.3 Å². The van der Waals surface area contributed by atoms with Gasteiger partial charge in [-0.05, 0) is 58.0 Å². The van der Waals surface area contributed by atoms with Crippen LogP contribution in [0.15, 0.2) is 108 Å². The Labute approximate surface area is 227 Å². The fourth-order valence-corrected chi connectivity index (χ4v) is 5.89. The lowest BCUT2D eigenvalue weighted by Crippen LogP contribution is -2.30. The van der Waals surface area contributed by atoms with Crippen molar-refractivity contribution in [3.05, 3.63) is 136 Å². The van der Waals surface area contributed by atoms with Crippen molar-refractivity contribution in [3.8, 4) is 0 Å². The number of Topliss-reactive ketones (excluding diaryl/α,β-unsaturated/α-hetero) is 2. The number of nitrogens with zero attached hydrogens (tertiary/aromatic N) is 1. The number of amides is 2. The Balaban J connectivity index is 1.23. The van der Waals surface area contributed by atoms with Gasteiger partial charge in [-0.2, -0.15) is 0 Å². The van der Waals surface area contributed by atoms with Gasteiger partial charge in [0.1, 0.15) is 0 Å². The Morgan fingerprint density at radius 1 is 0.525 bits per heavy atom. The summed E-state index contributed by atoms with van der Waals surface area (Å²) in [5.74, 6) is -1.55. The van der Waals surface area contributed by atoms with E-state index in [4.69, 9.17) is 0 Å². The van der Waals surface area contributed by atoms with Gasteiger partial charge in [0.25, 0.3) is 11.8 Å². The molecule has 8 rings (SSSR count). The quantitative estimate of drug-likeness (QED) is 0.154. The highest BCUT2D eigenvalue weighted by molar-refractivity contribution is 6.41. The molecule has 0 saturated carbocycles. The second-order valence-electron chi connectivity index (χ2n) is 10.1. The molecule has 1 N–H and O–H groups in total. The summed E-state index contributed by atoms with van der Waals surface area (Å²) in [5, 5.41) is 6.74. The maximum atomic E-state index is 13.6. The van der Waals surface area contributed by atoms with Gasteiger partial charge in [-0.3, -0.25) is 19.2 Å². The van der Waals surface area contributed by atoms with Crippen molar-refractivity contribution in [2.75, 3.05) is 10.2 Å². The predicted molar refractivity (Wildman–Crippen MR) is 154 cm³/mol. The highest BCUT2D eigenvalue weighted by Crippen LogP contribution is 2.41. The van der Waals surface area contributed by atoms with Crippen LogP contribution in [0.1, 0.15) is 47.0 Å². The molecule has 2 aliphatic heterocycles. The van der Waals surface area contributed by atoms with E-state index < -0.39 is 11.8 Å². The van der Waals surface area contributed by atoms with E-state index in [-0.39, 0.29) is 17.1 Å². The molecule has 5 aromatic carbocycles. The standard InChI is InChI=1S/C34H18N2O4/c37-31-23-14-19-6-1-2-7-20(19)15-24(23)32(38)29(31)27-13-12-18-10-5-11-28(30(18)35-27)36-33(39)25-16-21-8-3-4-9-22(21)17-26(25)34(36)40/h1-17,35H. The van der Waals surface area contributed by atoms with Crippen LogP contribution in [0.25, 0.3) is 27.6 Å². The molecule has 2 heterocycles. The summed E-state index contributed by atoms with van der Waals surface area (Å²) in [4.78, 5) is 55.3. The maximum absolute atomic E-state index is 13.6. The van der Waals surface area contributed by atoms with E-state index in [0.717, 1.165) is 32.0 Å². The zero-order chi connectivity index (χ0) is 27.1. The average molecular weight is 519 g/mol. The number of hydrogen-bond acceptors (Lipinski definition) is 5. The third-order valence-electron chi connectivity index (χ3n) is 7.86. The van der Waals surface area contributed by atoms with Gasteiger partial charge in [-0.25, -0.2) is 4.90 Å². The van der Waals surface area contributed by atoms with Gasteiger partial charge >= 0.3 is 0 Å². The van der Waals surface area contributed by atoms with Gasteiger partial charge in [0.2, 0.25) is 0 Å². The van der Waals surface area contributed by atoms with Crippen LogP contribution in [-0.2, 0) is 0 Å². The molecule has 0 unspecified atom stereocenters. The van der Waals surface area contributed by atoms with Crippen LogP contribution >= 0.6 is 0 Å². The Morgan fingerprint density at radius 3 is 1.55 bits per heavy atom. The van der Waals surface area contributed by atoms with Gasteiger partial charge in [0.15, 0.2) is 11.6 Å². The molecule has 0 fully saturated rings. The van der Waals surface area contributed by atoms with Gasteiger partial charge in [-0.15, -0.1) is 0 Å². The largest absolute Gasteiger partial charge is 0.353 e. The second kappa shape index (κ2) is 7.94. The Morgan fingerprint density at radius 2 is 1.02 bits per heavy atom. The lowest BCUT2D eigenvalue weighted by molar-refractivity contribution is 0.0922. The minimum atomic E-state index is -0.420. The molecule has 0 saturated heterocycles. The zero-order valence-corrected chi connectivity index (χ0v) is 20.9. The van der Waals surface area contributed by atoms with Crippen molar-refractivity contribution < 1.29 is 19.2 Å². The fraction of sp³-hybridized carbons (Fsp3) is 0. The molecule has 6 heteroatoms. The summed E-state index contributed by atoms with van der Waals surface area (Å²) < 4.78 is 0. The first-order valence-corrected chi connectivity index (χ1v) is 12.9. The molecule has 0 aromatic heterocycles. The number of fused-ring (bicyclic) bond motifs is 5. The van der Waals surface area contributed by atoms with Crippen LogP contribution in [0.5, 0.6) is 0 Å². The number of carbonyl (C=O) groups is 4. The molecule has 1 aliphatic carbocycles. The lowest BCUT2D eigenvalue weighted by atomic mass is 10.0. The van der Waals surface area contributed by atoms with Crippen molar-refractivity contribution >= 4 is 62.4 Å². The van der Waals surface area contributed by atoms with Crippen LogP contribution in [0, 0.1) is 0 Å². The number of hydrogen-bond donors (Lipinski definition) is 1. The summed E-state index contributed by atoms with van der Waals surface area (Å²) in [6.45, 7) is 0. The maximum Gasteiger partial charge on any atom is 0.266 e. The normalized spacial score (nSPS) is 15.7. The number of nitrogens with one attached hydrogen (secondary N) is 1. The van der Waals surface area contributed by atoms with Crippen molar-refractivity contribution in [1.29, 1.82) is 0 Å². The molecule has 0 radical (unpaired) electrons. The summed E-state index contributed by atoms with van der Waals surface area (Å²) in [5.41, 5.74) is 3.35. The third kappa shape index (κ3) is 2.98. The van der Waals surface area contributed by atoms with Gasteiger partial charge in [0, 0.05) is 16.7 Å². The van der Waals surface area contributed by atoms with Crippen LogP contribution in [0.4, 0.5) is 11.4 Å². The third-order valence-corrected chi connectivity index (χ3v) is 7.86. The van der Waals surface area contributed by atoms with Crippen molar-refractivity contribution in [2.24, 2.45) is 0 Å². The molecule has 2 amide bonds. The van der Waals surface area contributed by atoms with Crippen molar-refractivity contribution in [2.45, 2.75) is 0 Å². The van der Waals surface area contributed by atoms with Gasteiger partial charge in [0.05, 0.1) is 33.8 Å². The zero-order valence-electron chi connectivity index (χ0n) is 20.9. The molecule has 0 spiro atoms. The number of benzene rings is 5. The van der Waals surface area contributed by atoms with E-state index in [1.807, 2.05) is 54.6 Å². The number of imide groups is 1. The smallest absolute Gasteiger partial charge is 0.266 e. The molecular weight excluding hydrogens is 500 g/mol. The van der Waals surface area contributed by atoms with Crippen LogP contribution in [0.3, 0.4) is 0 Å². The van der Waals surface area contributed by atoms with E-state index in [1.54, 1.807) is 48.6 Å². The average Bonchev–Trinajstić information content (AvgIpc) is 3.37. The molecule has 5 aromatic rings. The number of allylic oxidation sites excluding steroid dienone is 2. The SMILES string of the molecule is O=C1C(=C2C=Cc3cccc(N4C(=O)c5cc6ccccc6cc5C4=O)c3N2)C(=O)c2cc3ccccc3cc21. The number of rotatable bonds is 1. The Hall–Kier alpha value is -5.62. The topological polar surface area (TPSA) is 83.6 Å². The minimum absolute atomic E-state index is 0.0376. The molecule has 3 aliphatic rings. The molecule has 40 heavy (non-hydrogen) atoms. The Bertz CT molecular complexity index is 2010. The van der Waals surface area contributed by atoms with E-state index >= 15 is 0 Å². The van der Waals surface area contributed by atoms with Crippen LogP contribution in [0.2, 0.25) is 0 Å². The number of anilines is 2. The highest BCUT2D eigenvalue weighted by Gasteiger charge is 2.40. The van der Waals surface area contributed by atoms with Gasteiger partial charge < -0.3 is 5.32 Å². The second-order valence-corrected chi connectivity index (χ2v) is 10.1. The molecule has 188 valence electrons.